The monoisotopic (exact) mass is 398 g/mol. The number of benzene rings is 2. The molecule has 27 heavy (non-hydrogen) atoms. The summed E-state index contributed by atoms with van der Waals surface area (Å²) >= 11 is 0. The van der Waals surface area contributed by atoms with Crippen molar-refractivity contribution in [2.24, 2.45) is 0 Å². The zero-order valence-corrected chi connectivity index (χ0v) is 14.7. The molecule has 0 saturated carbocycles. The Kier molecular flexibility index (Phi) is 4.87. The van der Waals surface area contributed by atoms with Crippen LogP contribution in [0.1, 0.15) is 11.4 Å². The summed E-state index contributed by atoms with van der Waals surface area (Å²) < 4.78 is 69.8. The number of rotatable bonds is 5. The van der Waals surface area contributed by atoms with Crippen LogP contribution in [0, 0.1) is 0 Å². The summed E-state index contributed by atoms with van der Waals surface area (Å²) in [5.74, 6) is -0.198. The summed E-state index contributed by atoms with van der Waals surface area (Å²) in [6.07, 6.45) is -4.54. The van der Waals surface area contributed by atoms with Crippen molar-refractivity contribution in [1.82, 2.24) is 20.2 Å². The number of alkyl halides is 3. The molecule has 0 aliphatic carbocycles. The van der Waals surface area contributed by atoms with E-state index in [1.165, 1.54) is 43.5 Å². The van der Waals surface area contributed by atoms with Crippen molar-refractivity contribution >= 4 is 9.84 Å². The molecule has 3 aromatic rings. The molecule has 0 bridgehead atoms. The first kappa shape index (κ1) is 18.8. The maximum Gasteiger partial charge on any atom is 0.416 e. The van der Waals surface area contributed by atoms with Gasteiger partial charge in [-0.15, -0.1) is 5.10 Å². The minimum atomic E-state index is -4.54. The highest BCUT2D eigenvalue weighted by Gasteiger charge is 2.31. The van der Waals surface area contributed by atoms with E-state index >= 15 is 0 Å². The Hall–Kier alpha value is -2.95. The number of tetrazole rings is 1. The van der Waals surface area contributed by atoms with Crippen molar-refractivity contribution in [1.29, 1.82) is 0 Å². The third kappa shape index (κ3) is 4.08. The Morgan fingerprint density at radius 3 is 2.44 bits per heavy atom. The predicted octanol–water partition coefficient (Wildman–Crippen LogP) is 2.66. The average Bonchev–Trinajstić information content (AvgIpc) is 3.08. The Morgan fingerprint density at radius 1 is 1.11 bits per heavy atom. The van der Waals surface area contributed by atoms with Crippen molar-refractivity contribution in [3.8, 4) is 11.4 Å². The molecule has 1 aromatic heterocycles. The summed E-state index contributed by atoms with van der Waals surface area (Å²) in [6.45, 7) is 0. The second-order valence-electron chi connectivity index (χ2n) is 5.49. The lowest BCUT2D eigenvalue weighted by Crippen LogP contribution is -2.12. The van der Waals surface area contributed by atoms with Crippen molar-refractivity contribution in [2.45, 2.75) is 16.8 Å². The van der Waals surface area contributed by atoms with Gasteiger partial charge in [-0.3, -0.25) is 0 Å². The van der Waals surface area contributed by atoms with E-state index in [4.69, 9.17) is 4.74 Å². The van der Waals surface area contributed by atoms with Gasteiger partial charge in [0.1, 0.15) is 11.5 Å². The van der Waals surface area contributed by atoms with E-state index in [9.17, 15) is 21.6 Å². The number of aromatic nitrogens is 4. The zero-order chi connectivity index (χ0) is 19.7. The molecular weight excluding hydrogens is 385 g/mol. The number of hydrogen-bond acceptors (Lipinski definition) is 6. The van der Waals surface area contributed by atoms with Crippen molar-refractivity contribution in [3.05, 3.63) is 59.9 Å². The number of ether oxygens (including phenoxy) is 1. The molecule has 0 aliphatic heterocycles. The molecule has 0 radical (unpaired) electrons. The van der Waals surface area contributed by atoms with Crippen LogP contribution in [0.15, 0.2) is 53.4 Å². The molecule has 0 fully saturated rings. The standard InChI is InChI=1S/C16H13F3N4O3S/c1-26-13-5-7-14(8-6-13)27(24,25)10-15-20-21-22-23(15)12-4-2-3-11(9-12)16(17,18)19/h2-9H,10H2,1H3. The Morgan fingerprint density at radius 2 is 1.81 bits per heavy atom. The van der Waals surface area contributed by atoms with Gasteiger partial charge in [0, 0.05) is 0 Å². The van der Waals surface area contributed by atoms with Crippen LogP contribution in [0.3, 0.4) is 0 Å². The average molecular weight is 398 g/mol. The predicted molar refractivity (Wildman–Crippen MR) is 88.0 cm³/mol. The van der Waals surface area contributed by atoms with Gasteiger partial charge in [0.25, 0.3) is 0 Å². The van der Waals surface area contributed by atoms with E-state index < -0.39 is 27.3 Å². The molecule has 7 nitrogen and oxygen atoms in total. The van der Waals surface area contributed by atoms with Gasteiger partial charge < -0.3 is 4.74 Å². The summed E-state index contributed by atoms with van der Waals surface area (Å²) in [6, 6.07) is 10.0. The van der Waals surface area contributed by atoms with Crippen LogP contribution in [0.5, 0.6) is 5.75 Å². The van der Waals surface area contributed by atoms with Crippen molar-refractivity contribution in [2.75, 3.05) is 7.11 Å². The van der Waals surface area contributed by atoms with Crippen LogP contribution < -0.4 is 4.74 Å². The first-order valence-electron chi connectivity index (χ1n) is 7.52. The fraction of sp³-hybridized carbons (Fsp3) is 0.188. The van der Waals surface area contributed by atoms with E-state index in [1.807, 2.05) is 0 Å². The molecule has 0 unspecified atom stereocenters. The second-order valence-corrected chi connectivity index (χ2v) is 7.48. The van der Waals surface area contributed by atoms with Crippen LogP contribution in [0.2, 0.25) is 0 Å². The molecule has 2 aromatic carbocycles. The molecule has 0 saturated heterocycles. The molecule has 1 heterocycles. The molecule has 3 rings (SSSR count). The number of sulfone groups is 1. The number of halogens is 3. The molecular formula is C16H13F3N4O3S. The highest BCUT2D eigenvalue weighted by atomic mass is 32.2. The SMILES string of the molecule is COc1ccc(S(=O)(=O)Cc2nnnn2-c2cccc(C(F)(F)F)c2)cc1. The minimum absolute atomic E-state index is 0.00903. The molecule has 0 N–H and O–H groups in total. The molecule has 0 aliphatic rings. The van der Waals surface area contributed by atoms with Crippen LogP contribution in [0.4, 0.5) is 13.2 Å². The van der Waals surface area contributed by atoms with Gasteiger partial charge in [0.15, 0.2) is 15.7 Å². The largest absolute Gasteiger partial charge is 0.497 e. The number of methoxy groups -OCH3 is 1. The summed E-state index contributed by atoms with van der Waals surface area (Å²) in [7, 11) is -2.37. The summed E-state index contributed by atoms with van der Waals surface area (Å²) in [5.41, 5.74) is -0.880. The third-order valence-electron chi connectivity index (χ3n) is 3.69. The lowest BCUT2D eigenvalue weighted by Gasteiger charge is -2.10. The quantitative estimate of drug-likeness (QED) is 0.657. The van der Waals surface area contributed by atoms with Crippen LogP contribution in [-0.4, -0.2) is 35.7 Å². The fourth-order valence-electron chi connectivity index (χ4n) is 2.35. The summed E-state index contributed by atoms with van der Waals surface area (Å²) in [4.78, 5) is 0.0156. The maximum atomic E-state index is 12.9. The fourth-order valence-corrected chi connectivity index (χ4v) is 3.58. The summed E-state index contributed by atoms with van der Waals surface area (Å²) in [5, 5.41) is 10.7. The molecule has 0 atom stereocenters. The second kappa shape index (κ2) is 6.99. The smallest absolute Gasteiger partial charge is 0.416 e. The lowest BCUT2D eigenvalue weighted by atomic mass is 10.2. The third-order valence-corrected chi connectivity index (χ3v) is 5.32. The van der Waals surface area contributed by atoms with Gasteiger partial charge in [0.2, 0.25) is 0 Å². The maximum absolute atomic E-state index is 12.9. The molecule has 11 heteroatoms. The van der Waals surface area contributed by atoms with E-state index in [0.29, 0.717) is 5.75 Å². The minimum Gasteiger partial charge on any atom is -0.497 e. The van der Waals surface area contributed by atoms with E-state index in [-0.39, 0.29) is 16.4 Å². The van der Waals surface area contributed by atoms with Gasteiger partial charge in [0.05, 0.1) is 23.3 Å². The van der Waals surface area contributed by atoms with Crippen molar-refractivity contribution in [3.63, 3.8) is 0 Å². The first-order chi connectivity index (χ1) is 12.7. The van der Waals surface area contributed by atoms with E-state index in [0.717, 1.165) is 16.8 Å². The Balaban J connectivity index is 1.93. The number of hydrogen-bond donors (Lipinski definition) is 0. The normalized spacial score (nSPS) is 12.1. The van der Waals surface area contributed by atoms with Gasteiger partial charge in [-0.25, -0.2) is 8.42 Å². The Bertz CT molecular complexity index is 1050. The van der Waals surface area contributed by atoms with Crippen LogP contribution in [-0.2, 0) is 21.8 Å². The lowest BCUT2D eigenvalue weighted by molar-refractivity contribution is -0.137. The van der Waals surface area contributed by atoms with Gasteiger partial charge >= 0.3 is 6.18 Å². The first-order valence-corrected chi connectivity index (χ1v) is 9.17. The number of nitrogens with zero attached hydrogens (tertiary/aromatic N) is 4. The zero-order valence-electron chi connectivity index (χ0n) is 13.9. The molecule has 0 amide bonds. The molecule has 142 valence electrons. The van der Waals surface area contributed by atoms with Crippen LogP contribution >= 0.6 is 0 Å². The highest BCUT2D eigenvalue weighted by Crippen LogP contribution is 2.30. The van der Waals surface area contributed by atoms with Gasteiger partial charge in [-0.2, -0.15) is 17.9 Å². The highest BCUT2D eigenvalue weighted by molar-refractivity contribution is 7.90. The van der Waals surface area contributed by atoms with Crippen LogP contribution in [0.25, 0.3) is 5.69 Å². The van der Waals surface area contributed by atoms with Gasteiger partial charge in [-0.1, -0.05) is 6.07 Å². The molecule has 0 spiro atoms. The topological polar surface area (TPSA) is 87.0 Å². The van der Waals surface area contributed by atoms with E-state index in [2.05, 4.69) is 15.5 Å². The van der Waals surface area contributed by atoms with E-state index in [1.54, 1.807) is 0 Å². The van der Waals surface area contributed by atoms with Gasteiger partial charge in [-0.05, 0) is 52.9 Å². The van der Waals surface area contributed by atoms with Crippen molar-refractivity contribution < 1.29 is 26.3 Å². The Labute approximate surface area is 152 Å².